The van der Waals surface area contributed by atoms with E-state index in [9.17, 15) is 4.79 Å². The Labute approximate surface area is 128 Å². The molecular formula is C16H20N2O2S. The van der Waals surface area contributed by atoms with Crippen LogP contribution in [0.5, 0.6) is 5.75 Å². The molecule has 1 aromatic heterocycles. The summed E-state index contributed by atoms with van der Waals surface area (Å²) < 4.78 is 6.30. The highest BCUT2D eigenvalue weighted by Gasteiger charge is 2.24. The van der Waals surface area contributed by atoms with Crippen LogP contribution in [0.2, 0.25) is 0 Å². The number of amides is 1. The summed E-state index contributed by atoms with van der Waals surface area (Å²) in [6.07, 6.45) is 1.72. The van der Waals surface area contributed by atoms with Crippen LogP contribution >= 0.6 is 11.3 Å². The molecule has 0 aliphatic rings. The summed E-state index contributed by atoms with van der Waals surface area (Å²) >= 11 is 1.40. The number of anilines is 1. The predicted octanol–water partition coefficient (Wildman–Crippen LogP) is 3.53. The second kappa shape index (κ2) is 6.18. The number of nitrogens with zero attached hydrogens (tertiary/aromatic N) is 1. The van der Waals surface area contributed by atoms with Crippen molar-refractivity contribution in [2.24, 2.45) is 0 Å². The molecule has 0 unspecified atom stereocenters. The number of fused-ring (bicyclic) bond motifs is 1. The Balaban J connectivity index is 2.54. The fourth-order valence-corrected chi connectivity index (χ4v) is 3.36. The van der Waals surface area contributed by atoms with Crippen molar-refractivity contribution in [1.82, 2.24) is 4.90 Å². The Kier molecular flexibility index (Phi) is 4.53. The zero-order valence-electron chi connectivity index (χ0n) is 12.6. The number of nitrogens with two attached hydrogens (primary N) is 1. The highest BCUT2D eigenvalue weighted by molar-refractivity contribution is 7.21. The van der Waals surface area contributed by atoms with Crippen LogP contribution in [0.4, 0.5) is 5.69 Å². The lowest BCUT2D eigenvalue weighted by Crippen LogP contribution is -2.36. The van der Waals surface area contributed by atoms with E-state index in [-0.39, 0.29) is 11.9 Å². The minimum atomic E-state index is -0.0642. The molecule has 1 amide bonds. The van der Waals surface area contributed by atoms with Crippen molar-refractivity contribution in [3.63, 3.8) is 0 Å². The van der Waals surface area contributed by atoms with Crippen molar-refractivity contribution in [3.8, 4) is 5.75 Å². The summed E-state index contributed by atoms with van der Waals surface area (Å²) in [5.41, 5.74) is 6.70. The summed E-state index contributed by atoms with van der Waals surface area (Å²) in [4.78, 5) is 15.0. The number of benzene rings is 1. The first-order valence-corrected chi connectivity index (χ1v) is 7.59. The highest BCUT2D eigenvalue weighted by Crippen LogP contribution is 2.40. The van der Waals surface area contributed by atoms with E-state index in [1.165, 1.54) is 11.3 Å². The average Bonchev–Trinajstić information content (AvgIpc) is 2.81. The number of carbonyl (C=O) groups excluding carboxylic acids is 1. The normalized spacial score (nSPS) is 10.9. The van der Waals surface area contributed by atoms with Gasteiger partial charge in [-0.15, -0.1) is 17.9 Å². The Morgan fingerprint density at radius 2 is 2.24 bits per heavy atom. The van der Waals surface area contributed by atoms with E-state index in [0.717, 1.165) is 10.1 Å². The molecule has 0 aliphatic heterocycles. The third-order valence-electron chi connectivity index (χ3n) is 3.34. The fourth-order valence-electron chi connectivity index (χ4n) is 2.27. The van der Waals surface area contributed by atoms with Crippen LogP contribution in [-0.4, -0.2) is 30.5 Å². The van der Waals surface area contributed by atoms with Gasteiger partial charge in [-0.25, -0.2) is 0 Å². The zero-order chi connectivity index (χ0) is 15.6. The van der Waals surface area contributed by atoms with Gasteiger partial charge in [0.1, 0.15) is 10.6 Å². The zero-order valence-corrected chi connectivity index (χ0v) is 13.4. The summed E-state index contributed by atoms with van der Waals surface area (Å²) in [7, 11) is 1.60. The van der Waals surface area contributed by atoms with E-state index in [1.54, 1.807) is 18.1 Å². The van der Waals surface area contributed by atoms with Gasteiger partial charge in [0, 0.05) is 17.3 Å². The summed E-state index contributed by atoms with van der Waals surface area (Å²) in [5.74, 6) is 0.630. The topological polar surface area (TPSA) is 55.6 Å². The maximum absolute atomic E-state index is 12.7. The molecule has 1 heterocycles. The van der Waals surface area contributed by atoms with Crippen molar-refractivity contribution < 1.29 is 9.53 Å². The van der Waals surface area contributed by atoms with E-state index in [2.05, 4.69) is 6.58 Å². The smallest absolute Gasteiger partial charge is 0.266 e. The molecule has 0 bridgehead atoms. The molecule has 2 aromatic rings. The molecule has 0 radical (unpaired) electrons. The molecule has 1 aromatic carbocycles. The number of rotatable bonds is 5. The molecule has 0 atom stereocenters. The van der Waals surface area contributed by atoms with Crippen LogP contribution in [0.15, 0.2) is 30.9 Å². The minimum absolute atomic E-state index is 0.0642. The van der Waals surface area contributed by atoms with Gasteiger partial charge < -0.3 is 15.4 Å². The lowest BCUT2D eigenvalue weighted by atomic mass is 10.2. The van der Waals surface area contributed by atoms with Crippen LogP contribution in [0.25, 0.3) is 10.1 Å². The molecule has 0 fully saturated rings. The van der Waals surface area contributed by atoms with Gasteiger partial charge in [-0.3, -0.25) is 4.79 Å². The van der Waals surface area contributed by atoms with Crippen molar-refractivity contribution in [2.45, 2.75) is 19.9 Å². The lowest BCUT2D eigenvalue weighted by Gasteiger charge is -2.25. The van der Waals surface area contributed by atoms with E-state index in [0.29, 0.717) is 22.9 Å². The maximum Gasteiger partial charge on any atom is 0.266 e. The van der Waals surface area contributed by atoms with Crippen molar-refractivity contribution in [2.75, 3.05) is 19.4 Å². The molecule has 2 N–H and O–H groups in total. The molecule has 5 heteroatoms. The molecule has 21 heavy (non-hydrogen) atoms. The van der Waals surface area contributed by atoms with E-state index in [4.69, 9.17) is 10.5 Å². The Morgan fingerprint density at radius 1 is 1.52 bits per heavy atom. The predicted molar refractivity (Wildman–Crippen MR) is 89.2 cm³/mol. The van der Waals surface area contributed by atoms with Gasteiger partial charge in [-0.05, 0) is 26.0 Å². The minimum Gasteiger partial charge on any atom is -0.496 e. The molecule has 4 nitrogen and oxygen atoms in total. The third-order valence-corrected chi connectivity index (χ3v) is 4.50. The molecule has 0 aliphatic carbocycles. The number of ether oxygens (including phenoxy) is 1. The number of carbonyl (C=O) groups is 1. The van der Waals surface area contributed by atoms with Crippen LogP contribution < -0.4 is 10.5 Å². The van der Waals surface area contributed by atoms with Crippen LogP contribution in [-0.2, 0) is 0 Å². The Morgan fingerprint density at radius 3 is 2.81 bits per heavy atom. The average molecular weight is 304 g/mol. The van der Waals surface area contributed by atoms with E-state index < -0.39 is 0 Å². The molecule has 0 saturated heterocycles. The Hall–Kier alpha value is -2.01. The number of hydrogen-bond acceptors (Lipinski definition) is 4. The van der Waals surface area contributed by atoms with Crippen molar-refractivity contribution >= 4 is 33.0 Å². The quantitative estimate of drug-likeness (QED) is 0.860. The van der Waals surface area contributed by atoms with Crippen molar-refractivity contribution in [3.05, 3.63) is 35.7 Å². The number of nitrogen functional groups attached to an aromatic ring is 1. The van der Waals surface area contributed by atoms with Gasteiger partial charge in [0.2, 0.25) is 0 Å². The van der Waals surface area contributed by atoms with Crippen molar-refractivity contribution in [1.29, 1.82) is 0 Å². The second-order valence-corrected chi connectivity index (χ2v) is 6.07. The summed E-state index contributed by atoms with van der Waals surface area (Å²) in [6, 6.07) is 5.78. The van der Waals surface area contributed by atoms with Crippen LogP contribution in [0.3, 0.4) is 0 Å². The van der Waals surface area contributed by atoms with Gasteiger partial charge in [-0.1, -0.05) is 12.1 Å². The number of thiophene rings is 1. The maximum atomic E-state index is 12.7. The lowest BCUT2D eigenvalue weighted by molar-refractivity contribution is 0.0735. The van der Waals surface area contributed by atoms with Crippen LogP contribution in [0.1, 0.15) is 23.5 Å². The molecule has 0 saturated carbocycles. The summed E-state index contributed by atoms with van der Waals surface area (Å²) in [6.45, 7) is 8.17. The molecular weight excluding hydrogens is 284 g/mol. The first-order chi connectivity index (χ1) is 10.0. The Bertz CT molecular complexity index is 676. The molecule has 2 rings (SSSR count). The van der Waals surface area contributed by atoms with Gasteiger partial charge >= 0.3 is 0 Å². The number of methoxy groups -OCH3 is 1. The third kappa shape index (κ3) is 2.74. The van der Waals surface area contributed by atoms with Gasteiger partial charge in [0.05, 0.1) is 18.2 Å². The van der Waals surface area contributed by atoms with Gasteiger partial charge in [-0.2, -0.15) is 0 Å². The first kappa shape index (κ1) is 15.4. The highest BCUT2D eigenvalue weighted by atomic mass is 32.1. The van der Waals surface area contributed by atoms with E-state index >= 15 is 0 Å². The van der Waals surface area contributed by atoms with E-state index in [1.807, 2.05) is 32.0 Å². The monoisotopic (exact) mass is 304 g/mol. The van der Waals surface area contributed by atoms with Crippen LogP contribution in [0, 0.1) is 0 Å². The van der Waals surface area contributed by atoms with Gasteiger partial charge in [0.15, 0.2) is 0 Å². The second-order valence-electron chi connectivity index (χ2n) is 5.02. The molecule has 112 valence electrons. The number of hydrogen-bond donors (Lipinski definition) is 1. The summed E-state index contributed by atoms with van der Waals surface area (Å²) in [5, 5.41) is 0.815. The van der Waals surface area contributed by atoms with Gasteiger partial charge in [0.25, 0.3) is 5.91 Å². The first-order valence-electron chi connectivity index (χ1n) is 6.78. The SMILES string of the molecule is C=CCN(C(=O)c1sc2cccc(OC)c2c1N)C(C)C. The molecule has 0 spiro atoms. The standard InChI is InChI=1S/C16H20N2O2S/c1-5-9-18(10(2)3)16(19)15-14(17)13-11(20-4)7-6-8-12(13)21-15/h5-8,10H,1,9,17H2,2-4H3. The largest absolute Gasteiger partial charge is 0.496 e. The fraction of sp³-hybridized carbons (Fsp3) is 0.312.